The molecule has 1 aliphatic heterocycles. The second-order valence-electron chi connectivity index (χ2n) is 8.42. The van der Waals surface area contributed by atoms with Crippen molar-refractivity contribution >= 4 is 11.8 Å². The van der Waals surface area contributed by atoms with Crippen LogP contribution in [0.4, 0.5) is 0 Å². The molecule has 1 saturated heterocycles. The second-order valence-corrected chi connectivity index (χ2v) is 8.42. The Bertz CT molecular complexity index is 577. The third-order valence-corrected chi connectivity index (χ3v) is 4.65. The van der Waals surface area contributed by atoms with E-state index in [2.05, 4.69) is 38.2 Å². The Morgan fingerprint density at radius 2 is 1.92 bits per heavy atom. The number of nitrogens with zero attached hydrogens (tertiary/aromatic N) is 1. The van der Waals surface area contributed by atoms with Gasteiger partial charge < -0.3 is 10.2 Å². The van der Waals surface area contributed by atoms with Crippen LogP contribution in [0.1, 0.15) is 58.9 Å². The Kier molecular flexibility index (Phi) is 6.63. The molecular formula is C21H32N2O2. The van der Waals surface area contributed by atoms with Gasteiger partial charge >= 0.3 is 0 Å². The molecule has 0 saturated carbocycles. The molecule has 2 rings (SSSR count). The molecule has 25 heavy (non-hydrogen) atoms. The molecule has 2 amide bonds. The number of benzene rings is 1. The lowest BCUT2D eigenvalue weighted by Crippen LogP contribution is -2.48. The van der Waals surface area contributed by atoms with E-state index in [1.54, 1.807) is 4.90 Å². The average Bonchev–Trinajstić information content (AvgIpc) is 3.02. The molecule has 0 aliphatic carbocycles. The number of hydrogen-bond donors (Lipinski definition) is 1. The molecule has 0 radical (unpaired) electrons. The van der Waals surface area contributed by atoms with Crippen molar-refractivity contribution < 1.29 is 9.59 Å². The highest BCUT2D eigenvalue weighted by molar-refractivity contribution is 5.88. The monoisotopic (exact) mass is 344 g/mol. The van der Waals surface area contributed by atoms with Crippen molar-refractivity contribution in [2.45, 2.75) is 71.9 Å². The Hall–Kier alpha value is -1.84. The number of amides is 2. The zero-order valence-electron chi connectivity index (χ0n) is 16.0. The summed E-state index contributed by atoms with van der Waals surface area (Å²) in [5.41, 5.74) is 1.23. The van der Waals surface area contributed by atoms with Gasteiger partial charge in [-0.2, -0.15) is 0 Å². The third kappa shape index (κ3) is 6.18. The normalized spacial score (nSPS) is 18.9. The summed E-state index contributed by atoms with van der Waals surface area (Å²) < 4.78 is 0. The van der Waals surface area contributed by atoms with Gasteiger partial charge in [-0.3, -0.25) is 9.59 Å². The van der Waals surface area contributed by atoms with Crippen molar-refractivity contribution in [2.24, 2.45) is 5.41 Å². The number of likely N-dealkylation sites (tertiary alicyclic amines) is 1. The van der Waals surface area contributed by atoms with Gasteiger partial charge in [0.25, 0.3) is 0 Å². The number of nitrogens with one attached hydrogen (secondary N) is 1. The predicted octanol–water partition coefficient (Wildman–Crippen LogP) is 3.55. The Labute approximate surface area is 152 Å². The van der Waals surface area contributed by atoms with Gasteiger partial charge in [0.2, 0.25) is 11.8 Å². The van der Waals surface area contributed by atoms with Crippen molar-refractivity contribution in [1.29, 1.82) is 0 Å². The first-order valence-corrected chi connectivity index (χ1v) is 9.40. The topological polar surface area (TPSA) is 49.4 Å². The smallest absolute Gasteiger partial charge is 0.243 e. The van der Waals surface area contributed by atoms with Crippen molar-refractivity contribution in [3.8, 4) is 0 Å². The SMILES string of the molecule is C[C@@H](CCc1ccccc1)NC(=O)[C@H]1CCCN1C(=O)CC(C)(C)C. The number of carbonyl (C=O) groups excluding carboxylic acids is 2. The van der Waals surface area contributed by atoms with E-state index in [4.69, 9.17) is 0 Å². The summed E-state index contributed by atoms with van der Waals surface area (Å²) in [6.45, 7) is 8.91. The van der Waals surface area contributed by atoms with E-state index in [9.17, 15) is 9.59 Å². The van der Waals surface area contributed by atoms with Crippen LogP contribution in [0.3, 0.4) is 0 Å². The zero-order chi connectivity index (χ0) is 18.4. The molecule has 0 aromatic heterocycles. The van der Waals surface area contributed by atoms with E-state index in [-0.39, 0.29) is 29.3 Å². The van der Waals surface area contributed by atoms with Crippen LogP contribution in [-0.4, -0.2) is 35.3 Å². The summed E-state index contributed by atoms with van der Waals surface area (Å²) in [6.07, 6.45) is 4.01. The highest BCUT2D eigenvalue weighted by Crippen LogP contribution is 2.25. The maximum atomic E-state index is 12.6. The van der Waals surface area contributed by atoms with Gasteiger partial charge in [0.05, 0.1) is 0 Å². The van der Waals surface area contributed by atoms with Crippen LogP contribution in [0.25, 0.3) is 0 Å². The largest absolute Gasteiger partial charge is 0.352 e. The fraction of sp³-hybridized carbons (Fsp3) is 0.619. The van der Waals surface area contributed by atoms with Crippen molar-refractivity contribution in [3.63, 3.8) is 0 Å². The number of rotatable bonds is 6. The average molecular weight is 344 g/mol. The summed E-state index contributed by atoms with van der Waals surface area (Å²) in [5, 5.41) is 3.11. The summed E-state index contributed by atoms with van der Waals surface area (Å²) >= 11 is 0. The van der Waals surface area contributed by atoms with E-state index in [0.29, 0.717) is 13.0 Å². The first-order valence-electron chi connectivity index (χ1n) is 9.40. The van der Waals surface area contributed by atoms with Gasteiger partial charge in [0.1, 0.15) is 6.04 Å². The highest BCUT2D eigenvalue weighted by atomic mass is 16.2. The van der Waals surface area contributed by atoms with Crippen LogP contribution in [0.15, 0.2) is 30.3 Å². The standard InChI is InChI=1S/C21H32N2O2/c1-16(12-13-17-9-6-5-7-10-17)22-20(25)18-11-8-14-23(18)19(24)15-21(2,3)4/h5-7,9-10,16,18H,8,11-15H2,1-4H3,(H,22,25)/t16-,18+/m0/s1. The highest BCUT2D eigenvalue weighted by Gasteiger charge is 2.35. The van der Waals surface area contributed by atoms with E-state index >= 15 is 0 Å². The summed E-state index contributed by atoms with van der Waals surface area (Å²) in [6, 6.07) is 10.1. The van der Waals surface area contributed by atoms with Crippen LogP contribution < -0.4 is 5.32 Å². The van der Waals surface area contributed by atoms with Crippen LogP contribution in [0, 0.1) is 5.41 Å². The molecule has 4 heteroatoms. The minimum atomic E-state index is -0.297. The van der Waals surface area contributed by atoms with Crippen molar-refractivity contribution in [2.75, 3.05) is 6.54 Å². The Morgan fingerprint density at radius 3 is 2.56 bits per heavy atom. The van der Waals surface area contributed by atoms with Crippen LogP contribution >= 0.6 is 0 Å². The molecule has 0 unspecified atom stereocenters. The summed E-state index contributed by atoms with van der Waals surface area (Å²) in [4.78, 5) is 26.9. The molecular weight excluding hydrogens is 312 g/mol. The zero-order valence-corrected chi connectivity index (χ0v) is 16.0. The lowest BCUT2D eigenvalue weighted by molar-refractivity contribution is -0.140. The molecule has 1 aromatic rings. The van der Waals surface area contributed by atoms with Crippen molar-refractivity contribution in [1.82, 2.24) is 10.2 Å². The number of carbonyl (C=O) groups is 2. The first-order chi connectivity index (χ1) is 11.8. The van der Waals surface area contributed by atoms with Gasteiger partial charge in [0.15, 0.2) is 0 Å². The van der Waals surface area contributed by atoms with E-state index in [1.165, 1.54) is 5.56 Å². The van der Waals surface area contributed by atoms with Gasteiger partial charge in [-0.25, -0.2) is 0 Å². The fourth-order valence-corrected chi connectivity index (χ4v) is 3.33. The molecule has 4 nitrogen and oxygen atoms in total. The fourth-order valence-electron chi connectivity index (χ4n) is 3.33. The molecule has 0 bridgehead atoms. The van der Waals surface area contributed by atoms with Crippen molar-refractivity contribution in [3.05, 3.63) is 35.9 Å². The molecule has 1 heterocycles. The lowest BCUT2D eigenvalue weighted by Gasteiger charge is -2.28. The van der Waals surface area contributed by atoms with Crippen LogP contribution in [0.5, 0.6) is 0 Å². The minimum absolute atomic E-state index is 0.000297. The molecule has 0 spiro atoms. The molecule has 1 fully saturated rings. The van der Waals surface area contributed by atoms with Crippen LogP contribution in [0.2, 0.25) is 0 Å². The third-order valence-electron chi connectivity index (χ3n) is 4.65. The summed E-state index contributed by atoms with van der Waals surface area (Å²) in [5.74, 6) is 0.0995. The lowest BCUT2D eigenvalue weighted by atomic mass is 9.91. The second kappa shape index (κ2) is 8.50. The van der Waals surface area contributed by atoms with E-state index in [0.717, 1.165) is 25.7 Å². The predicted molar refractivity (Wildman–Crippen MR) is 101 cm³/mol. The number of hydrogen-bond acceptors (Lipinski definition) is 2. The van der Waals surface area contributed by atoms with Gasteiger partial charge in [-0.05, 0) is 43.6 Å². The maximum absolute atomic E-state index is 12.6. The Morgan fingerprint density at radius 1 is 1.24 bits per heavy atom. The first kappa shape index (κ1) is 19.5. The quantitative estimate of drug-likeness (QED) is 0.858. The van der Waals surface area contributed by atoms with Crippen LogP contribution in [-0.2, 0) is 16.0 Å². The van der Waals surface area contributed by atoms with Gasteiger partial charge in [-0.1, -0.05) is 51.1 Å². The minimum Gasteiger partial charge on any atom is -0.352 e. The molecule has 138 valence electrons. The molecule has 1 aliphatic rings. The van der Waals surface area contributed by atoms with E-state index in [1.807, 2.05) is 25.1 Å². The maximum Gasteiger partial charge on any atom is 0.243 e. The Balaban J connectivity index is 1.85. The number of aryl methyl sites for hydroxylation is 1. The van der Waals surface area contributed by atoms with E-state index < -0.39 is 0 Å². The van der Waals surface area contributed by atoms with Gasteiger partial charge in [0, 0.05) is 19.0 Å². The molecule has 1 aromatic carbocycles. The molecule has 2 atom stereocenters. The summed E-state index contributed by atoms with van der Waals surface area (Å²) in [7, 11) is 0. The molecule has 1 N–H and O–H groups in total. The van der Waals surface area contributed by atoms with Gasteiger partial charge in [-0.15, -0.1) is 0 Å².